The minimum absolute atomic E-state index is 0.0795. The Labute approximate surface area is 429 Å². The number of rotatable bonds is 14. The van der Waals surface area contributed by atoms with Crippen LogP contribution < -0.4 is 20.7 Å². The van der Waals surface area contributed by atoms with Crippen molar-refractivity contribution >= 4 is 59.1 Å². The second kappa shape index (κ2) is 26.7. The van der Waals surface area contributed by atoms with Crippen LogP contribution in [0.1, 0.15) is 113 Å². The molecule has 4 unspecified atom stereocenters. The molecule has 3 saturated heterocycles. The number of fused-ring (bicyclic) bond motifs is 1. The number of Topliss-reactive ketones (excluding diaryl/α,β-unsaturated/α-hetero) is 1. The number of nitrogens with zero attached hydrogens (tertiary/aromatic N) is 4. The van der Waals surface area contributed by atoms with Crippen LogP contribution in [0, 0.1) is 23.7 Å². The topological polar surface area (TPSA) is 268 Å². The number of methoxy groups -OCH3 is 1. The van der Waals surface area contributed by atoms with Gasteiger partial charge in [0, 0.05) is 40.5 Å². The number of carbonyl (C=O) groups is 10. The van der Waals surface area contributed by atoms with Gasteiger partial charge in [-0.3, -0.25) is 43.2 Å². The zero-order valence-electron chi connectivity index (χ0n) is 44.6. The molecule has 3 aliphatic rings. The predicted molar refractivity (Wildman–Crippen MR) is 266 cm³/mol. The Morgan fingerprint density at radius 2 is 1.51 bits per heavy atom. The molecule has 9 atom stereocenters. The molecule has 3 fully saturated rings. The van der Waals surface area contributed by atoms with E-state index in [1.165, 1.54) is 40.8 Å². The average Bonchev–Trinajstić information content (AvgIpc) is 4.03. The zero-order chi connectivity index (χ0) is 54.6. The smallest absolute Gasteiger partial charge is 0.329 e. The third kappa shape index (κ3) is 15.7. The number of likely N-dealkylation sites (N-methyl/N-ethyl adjacent to an activating group) is 2. The van der Waals surface area contributed by atoms with Crippen molar-refractivity contribution in [2.24, 2.45) is 23.7 Å². The van der Waals surface area contributed by atoms with Crippen LogP contribution in [0.15, 0.2) is 24.3 Å². The number of ether oxygens (including phenoxy) is 3. The average molecular weight is 1030 g/mol. The predicted octanol–water partition coefficient (Wildman–Crippen LogP) is 1.54. The summed E-state index contributed by atoms with van der Waals surface area (Å²) in [6, 6.07) is -1.93. The number of benzene rings is 1. The van der Waals surface area contributed by atoms with E-state index >= 15 is 0 Å². The fourth-order valence-electron chi connectivity index (χ4n) is 9.60. The van der Waals surface area contributed by atoms with E-state index in [-0.39, 0.29) is 57.0 Å². The van der Waals surface area contributed by atoms with Gasteiger partial charge in [0.2, 0.25) is 35.3 Å². The van der Waals surface area contributed by atoms with Gasteiger partial charge < -0.3 is 54.9 Å². The zero-order valence-corrected chi connectivity index (χ0v) is 44.6. The molecule has 4 rings (SSSR count). The number of esters is 2. The van der Waals surface area contributed by atoms with Crippen LogP contribution in [0.5, 0.6) is 5.75 Å². The third-order valence-electron chi connectivity index (χ3n) is 13.7. The minimum Gasteiger partial charge on any atom is -0.497 e. The molecule has 0 saturated carbocycles. The lowest BCUT2D eigenvalue weighted by Crippen LogP contribution is -2.60. The lowest BCUT2D eigenvalue weighted by atomic mass is 9.95. The number of aliphatic hydroxyl groups excluding tert-OH is 1. The number of aliphatic hydroxyl groups is 1. The Hall–Kier alpha value is -6.12. The lowest BCUT2D eigenvalue weighted by Gasteiger charge is -2.35. The molecule has 73 heavy (non-hydrogen) atoms. The first-order valence-electron chi connectivity index (χ1n) is 25.5. The number of cyclic esters (lactones) is 2. The summed E-state index contributed by atoms with van der Waals surface area (Å²) in [5.74, 6) is -8.72. The lowest BCUT2D eigenvalue weighted by molar-refractivity contribution is -0.161. The first kappa shape index (κ1) is 59.4. The monoisotopic (exact) mass is 1030 g/mol. The maximum absolute atomic E-state index is 14.7. The van der Waals surface area contributed by atoms with Gasteiger partial charge in [0.25, 0.3) is 11.8 Å². The molecule has 406 valence electrons. The van der Waals surface area contributed by atoms with Gasteiger partial charge >= 0.3 is 11.9 Å². The van der Waals surface area contributed by atoms with E-state index in [2.05, 4.69) is 16.0 Å². The van der Waals surface area contributed by atoms with Gasteiger partial charge in [-0.25, -0.2) is 4.79 Å². The fraction of sp³-hybridized carbons (Fsp3) is 0.692. The first-order chi connectivity index (χ1) is 34.3. The highest BCUT2D eigenvalue weighted by Gasteiger charge is 2.44. The second-order valence-electron chi connectivity index (χ2n) is 21.1. The Balaban J connectivity index is 1.82. The Bertz CT molecular complexity index is 2170. The third-order valence-corrected chi connectivity index (χ3v) is 13.7. The van der Waals surface area contributed by atoms with Crippen molar-refractivity contribution in [1.29, 1.82) is 0 Å². The summed E-state index contributed by atoms with van der Waals surface area (Å²) in [6.45, 7) is 14.6. The molecule has 1 aromatic rings. The van der Waals surface area contributed by atoms with Crippen LogP contribution in [-0.2, 0) is 63.8 Å². The molecule has 3 aliphatic heterocycles. The van der Waals surface area contributed by atoms with Crippen molar-refractivity contribution in [1.82, 2.24) is 35.6 Å². The van der Waals surface area contributed by atoms with E-state index in [1.54, 1.807) is 52.0 Å². The molecule has 0 aromatic heterocycles. The molecule has 1 aromatic carbocycles. The number of amides is 7. The van der Waals surface area contributed by atoms with E-state index in [9.17, 15) is 53.1 Å². The van der Waals surface area contributed by atoms with Crippen molar-refractivity contribution in [3.05, 3.63) is 29.8 Å². The van der Waals surface area contributed by atoms with Gasteiger partial charge in [-0.15, -0.1) is 0 Å². The van der Waals surface area contributed by atoms with Crippen LogP contribution >= 0.6 is 0 Å². The standard InChI is InChI=1S/C52H79N7O14/c1-28(2)23-35-49(67)59-22-14-16-38(59)51(69)57(11)40(25-33-17-19-34(71-12)20-18-33)52(70)72-27-36(45(63)55-43(30(5)6)41(61)26-42(62)73-44(31(7)8)47(65)53-35)54-46(64)39(24-29(3)4)56(10)50(68)37-15-13-21-58(37)48(66)32(9)60/h17-20,28-31,35-41,43-44,61H,13-16,21-27H2,1-12H3,(H,53,65)(H,54,64)(H,55,63)/t35-,36-,37?,38?,39?,40?,41-,43+,44-/m0/s1. The van der Waals surface area contributed by atoms with Crippen molar-refractivity contribution in [2.75, 3.05) is 40.9 Å². The fourth-order valence-corrected chi connectivity index (χ4v) is 9.60. The summed E-state index contributed by atoms with van der Waals surface area (Å²) in [4.78, 5) is 144. The number of carbonyl (C=O) groups excluding carboxylic acids is 10. The van der Waals surface area contributed by atoms with E-state index in [0.717, 1.165) is 6.92 Å². The van der Waals surface area contributed by atoms with Gasteiger partial charge in [-0.05, 0) is 79.9 Å². The van der Waals surface area contributed by atoms with Crippen LogP contribution in [0.25, 0.3) is 0 Å². The SMILES string of the molecule is COc1ccc(CC2C(=O)OC[C@H](NC(=O)C(CC(C)C)N(C)C(=O)C3CCCN3C(=O)C(C)=O)C(=O)N[C@H](C(C)C)[C@@H](O)CC(=O)O[C@@H](C(C)C)C(=O)N[C@@H](CC(C)C)C(=O)N3CCCC3C(=O)N2C)cc1. The first-order valence-corrected chi connectivity index (χ1v) is 25.5. The highest BCUT2D eigenvalue weighted by atomic mass is 16.6. The summed E-state index contributed by atoms with van der Waals surface area (Å²) >= 11 is 0. The van der Waals surface area contributed by atoms with Gasteiger partial charge in [0.1, 0.15) is 48.6 Å². The molecular weight excluding hydrogens is 947 g/mol. The maximum atomic E-state index is 14.7. The Kier molecular flexibility index (Phi) is 21.8. The molecule has 4 N–H and O–H groups in total. The molecule has 21 nitrogen and oxygen atoms in total. The molecule has 0 radical (unpaired) electrons. The van der Waals surface area contributed by atoms with E-state index in [1.807, 2.05) is 27.7 Å². The number of hydrogen-bond acceptors (Lipinski definition) is 14. The van der Waals surface area contributed by atoms with E-state index in [4.69, 9.17) is 14.2 Å². The molecule has 3 heterocycles. The molecule has 0 spiro atoms. The van der Waals surface area contributed by atoms with Crippen molar-refractivity contribution < 1.29 is 67.3 Å². The van der Waals surface area contributed by atoms with Gasteiger partial charge in [0.15, 0.2) is 6.10 Å². The molecule has 21 heteroatoms. The Morgan fingerprint density at radius 3 is 2.08 bits per heavy atom. The van der Waals surface area contributed by atoms with Crippen molar-refractivity contribution in [2.45, 2.75) is 168 Å². The van der Waals surface area contributed by atoms with Gasteiger partial charge in [-0.2, -0.15) is 0 Å². The van der Waals surface area contributed by atoms with Crippen molar-refractivity contribution in [3.8, 4) is 5.75 Å². The van der Waals surface area contributed by atoms with Crippen LogP contribution in [-0.4, -0.2) is 179 Å². The highest BCUT2D eigenvalue weighted by Crippen LogP contribution is 2.26. The summed E-state index contributed by atoms with van der Waals surface area (Å²) in [5, 5.41) is 19.7. The summed E-state index contributed by atoms with van der Waals surface area (Å²) in [6.07, 6.45) is -2.17. The normalized spacial score (nSPS) is 25.7. The molecule has 0 aliphatic carbocycles. The Morgan fingerprint density at radius 1 is 0.863 bits per heavy atom. The van der Waals surface area contributed by atoms with Gasteiger partial charge in [0.05, 0.1) is 25.7 Å². The largest absolute Gasteiger partial charge is 0.497 e. The quantitative estimate of drug-likeness (QED) is 0.152. The number of hydrogen-bond donors (Lipinski definition) is 4. The minimum atomic E-state index is -1.70. The van der Waals surface area contributed by atoms with Crippen LogP contribution in [0.2, 0.25) is 0 Å². The van der Waals surface area contributed by atoms with Crippen LogP contribution in [0.4, 0.5) is 0 Å². The van der Waals surface area contributed by atoms with E-state index < -0.39 is 138 Å². The molecular formula is C52H79N7O14. The summed E-state index contributed by atoms with van der Waals surface area (Å²) < 4.78 is 16.9. The molecule has 0 bridgehead atoms. The second-order valence-corrected chi connectivity index (χ2v) is 21.1. The maximum Gasteiger partial charge on any atom is 0.329 e. The number of likely N-dealkylation sites (tertiary alicyclic amines) is 1. The van der Waals surface area contributed by atoms with Gasteiger partial charge in [-0.1, -0.05) is 67.5 Å². The highest BCUT2D eigenvalue weighted by molar-refractivity contribution is 6.35. The summed E-state index contributed by atoms with van der Waals surface area (Å²) in [5.41, 5.74) is 0.592. The number of nitrogens with one attached hydrogen (secondary N) is 3. The summed E-state index contributed by atoms with van der Waals surface area (Å²) in [7, 11) is 4.29. The van der Waals surface area contributed by atoms with E-state index in [0.29, 0.717) is 24.2 Å². The number of ketones is 1. The molecule has 7 amide bonds. The van der Waals surface area contributed by atoms with Crippen LogP contribution in [0.3, 0.4) is 0 Å². The van der Waals surface area contributed by atoms with Crippen molar-refractivity contribution in [3.63, 3.8) is 0 Å².